The zero-order chi connectivity index (χ0) is 21.5. The first-order valence-electron chi connectivity index (χ1n) is 9.81. The number of furan rings is 1. The quantitative estimate of drug-likeness (QED) is 0.265. The summed E-state index contributed by atoms with van der Waals surface area (Å²) >= 11 is 0. The van der Waals surface area contributed by atoms with Gasteiger partial charge in [-0.05, 0) is 29.1 Å². The molecule has 5 heteroatoms. The number of carbonyl (C=O) groups is 2. The van der Waals surface area contributed by atoms with Gasteiger partial charge in [0, 0.05) is 28.6 Å². The van der Waals surface area contributed by atoms with Crippen molar-refractivity contribution in [3.05, 3.63) is 78.4 Å². The van der Waals surface area contributed by atoms with Gasteiger partial charge >= 0.3 is 11.9 Å². The molecule has 0 aliphatic rings. The van der Waals surface area contributed by atoms with Gasteiger partial charge in [0.15, 0.2) is 0 Å². The Morgan fingerprint density at radius 2 is 1.48 bits per heavy atom. The van der Waals surface area contributed by atoms with Crippen LogP contribution < -0.4 is 4.74 Å². The molecule has 0 saturated carbocycles. The summed E-state index contributed by atoms with van der Waals surface area (Å²) in [5.41, 5.74) is 3.35. The Bertz CT molecular complexity index is 1490. The molecular formula is C26H18O5. The lowest BCUT2D eigenvalue weighted by atomic mass is 9.90. The zero-order valence-electron chi connectivity index (χ0n) is 17.0. The van der Waals surface area contributed by atoms with Gasteiger partial charge in [-0.25, -0.2) is 4.79 Å². The first kappa shape index (κ1) is 18.9. The third-order valence-corrected chi connectivity index (χ3v) is 5.34. The number of hydrogen-bond donors (Lipinski definition) is 0. The molecule has 0 atom stereocenters. The van der Waals surface area contributed by atoms with Gasteiger partial charge in [0.1, 0.15) is 16.9 Å². The third-order valence-electron chi connectivity index (χ3n) is 5.34. The van der Waals surface area contributed by atoms with E-state index in [-0.39, 0.29) is 0 Å². The molecule has 5 aromatic rings. The molecule has 0 amide bonds. The average Bonchev–Trinajstić information content (AvgIpc) is 3.17. The maximum Gasteiger partial charge on any atom is 0.338 e. The number of carbonyl (C=O) groups excluding carboxylic acids is 2. The topological polar surface area (TPSA) is 65.7 Å². The first-order valence-corrected chi connectivity index (χ1v) is 9.81. The lowest BCUT2D eigenvalue weighted by molar-refractivity contribution is -0.131. The van der Waals surface area contributed by atoms with Gasteiger partial charge in [-0.3, -0.25) is 4.79 Å². The molecule has 0 aliphatic heterocycles. The van der Waals surface area contributed by atoms with Gasteiger partial charge in [-0.15, -0.1) is 0 Å². The molecule has 0 saturated heterocycles. The van der Waals surface area contributed by atoms with E-state index in [1.54, 1.807) is 6.07 Å². The highest BCUT2D eigenvalue weighted by molar-refractivity contribution is 6.19. The molecule has 5 rings (SSSR count). The Labute approximate surface area is 177 Å². The van der Waals surface area contributed by atoms with Crippen LogP contribution in [-0.4, -0.2) is 19.0 Å². The Kier molecular flexibility index (Phi) is 4.44. The number of methoxy groups -OCH3 is 1. The monoisotopic (exact) mass is 410 g/mol. The summed E-state index contributed by atoms with van der Waals surface area (Å²) in [6.07, 6.45) is 0. The Morgan fingerprint density at radius 1 is 0.806 bits per heavy atom. The van der Waals surface area contributed by atoms with Crippen LogP contribution in [0, 0.1) is 0 Å². The summed E-state index contributed by atoms with van der Waals surface area (Å²) in [4.78, 5) is 24.5. The van der Waals surface area contributed by atoms with Crippen LogP contribution in [0.2, 0.25) is 0 Å². The fourth-order valence-electron chi connectivity index (χ4n) is 4.13. The molecule has 5 nitrogen and oxygen atoms in total. The van der Waals surface area contributed by atoms with E-state index in [9.17, 15) is 9.59 Å². The van der Waals surface area contributed by atoms with Crippen molar-refractivity contribution < 1.29 is 23.5 Å². The van der Waals surface area contributed by atoms with Gasteiger partial charge in [0.05, 0.1) is 12.7 Å². The summed E-state index contributed by atoms with van der Waals surface area (Å²) in [6.45, 7) is 1.33. The predicted molar refractivity (Wildman–Crippen MR) is 119 cm³/mol. The molecule has 0 fully saturated rings. The molecule has 0 N–H and O–H groups in total. The predicted octanol–water partition coefficient (Wildman–Crippen LogP) is 6.12. The molecule has 31 heavy (non-hydrogen) atoms. The highest BCUT2D eigenvalue weighted by atomic mass is 16.5. The number of hydrogen-bond acceptors (Lipinski definition) is 5. The Morgan fingerprint density at radius 3 is 2.23 bits per heavy atom. The van der Waals surface area contributed by atoms with Gasteiger partial charge in [0.25, 0.3) is 0 Å². The van der Waals surface area contributed by atoms with Crippen molar-refractivity contribution in [1.29, 1.82) is 0 Å². The number of ether oxygens (including phenoxy) is 2. The minimum Gasteiger partial charge on any atom is -0.465 e. The summed E-state index contributed by atoms with van der Waals surface area (Å²) < 4.78 is 16.6. The van der Waals surface area contributed by atoms with Crippen molar-refractivity contribution in [3.63, 3.8) is 0 Å². The van der Waals surface area contributed by atoms with Crippen LogP contribution in [0.25, 0.3) is 43.8 Å². The largest absolute Gasteiger partial charge is 0.465 e. The lowest BCUT2D eigenvalue weighted by Gasteiger charge is -2.16. The maximum absolute atomic E-state index is 12.8. The van der Waals surface area contributed by atoms with Crippen molar-refractivity contribution in [1.82, 2.24) is 0 Å². The van der Waals surface area contributed by atoms with Crippen LogP contribution in [0.15, 0.2) is 77.2 Å². The number of fused-ring (bicyclic) bond motifs is 4. The second-order valence-electron chi connectivity index (χ2n) is 7.21. The molecule has 0 spiro atoms. The molecule has 1 aromatic heterocycles. The number of para-hydroxylation sites is 1. The minimum atomic E-state index is -0.515. The smallest absolute Gasteiger partial charge is 0.338 e. The van der Waals surface area contributed by atoms with Crippen molar-refractivity contribution in [2.75, 3.05) is 7.11 Å². The number of esters is 2. The SMILES string of the molecule is COC(=O)c1cc(OC(C)=O)c2ccccc2c1-c1cccc2oc3ccccc3c12. The summed E-state index contributed by atoms with van der Waals surface area (Å²) in [7, 11) is 1.33. The standard InChI is InChI=1S/C26H18O5/c1-15(27)30-23-14-20(26(28)29-2)24(17-9-4-3-8-16(17)23)19-11-7-13-22-25(19)18-10-5-6-12-21(18)31-22/h3-14H,1-2H3. The van der Waals surface area contributed by atoms with E-state index < -0.39 is 11.9 Å². The van der Waals surface area contributed by atoms with E-state index in [0.29, 0.717) is 16.9 Å². The summed E-state index contributed by atoms with van der Waals surface area (Å²) in [6, 6.07) is 22.7. The minimum absolute atomic E-state index is 0.315. The third kappa shape index (κ3) is 3.02. The average molecular weight is 410 g/mol. The Hall–Kier alpha value is -4.12. The zero-order valence-corrected chi connectivity index (χ0v) is 17.0. The number of rotatable bonds is 3. The lowest BCUT2D eigenvalue weighted by Crippen LogP contribution is -2.08. The van der Waals surface area contributed by atoms with Crippen LogP contribution in [0.5, 0.6) is 5.75 Å². The molecule has 152 valence electrons. The van der Waals surface area contributed by atoms with E-state index >= 15 is 0 Å². The fraction of sp³-hybridized carbons (Fsp3) is 0.0769. The van der Waals surface area contributed by atoms with Gasteiger partial charge in [-0.2, -0.15) is 0 Å². The van der Waals surface area contributed by atoms with Gasteiger partial charge < -0.3 is 13.9 Å². The molecule has 4 aromatic carbocycles. The molecule has 0 bridgehead atoms. The summed E-state index contributed by atoms with van der Waals surface area (Å²) in [5.74, 6) is -0.660. The van der Waals surface area contributed by atoms with E-state index in [4.69, 9.17) is 13.9 Å². The Balaban J connectivity index is 1.95. The van der Waals surface area contributed by atoms with E-state index in [1.165, 1.54) is 14.0 Å². The fourth-order valence-corrected chi connectivity index (χ4v) is 4.13. The molecular weight excluding hydrogens is 392 g/mol. The van der Waals surface area contributed by atoms with Crippen LogP contribution in [0.1, 0.15) is 17.3 Å². The van der Waals surface area contributed by atoms with Crippen LogP contribution in [-0.2, 0) is 9.53 Å². The molecule has 1 heterocycles. The highest BCUT2D eigenvalue weighted by Gasteiger charge is 2.23. The molecule has 0 unspecified atom stereocenters. The van der Waals surface area contributed by atoms with E-state index in [0.717, 1.165) is 38.3 Å². The molecule has 0 radical (unpaired) electrons. The normalized spacial score (nSPS) is 11.2. The second kappa shape index (κ2) is 7.29. The van der Waals surface area contributed by atoms with Gasteiger partial charge in [0.2, 0.25) is 0 Å². The van der Waals surface area contributed by atoms with E-state index in [2.05, 4.69) is 0 Å². The van der Waals surface area contributed by atoms with Crippen molar-refractivity contribution >= 4 is 44.6 Å². The van der Waals surface area contributed by atoms with E-state index in [1.807, 2.05) is 66.7 Å². The van der Waals surface area contributed by atoms with Crippen molar-refractivity contribution in [2.24, 2.45) is 0 Å². The summed E-state index contributed by atoms with van der Waals surface area (Å²) in [5, 5.41) is 3.37. The van der Waals surface area contributed by atoms with Crippen LogP contribution in [0.4, 0.5) is 0 Å². The first-order chi connectivity index (χ1) is 15.1. The second-order valence-corrected chi connectivity index (χ2v) is 7.21. The molecule has 0 aliphatic carbocycles. The van der Waals surface area contributed by atoms with Crippen molar-refractivity contribution in [2.45, 2.75) is 6.92 Å². The maximum atomic E-state index is 12.8. The van der Waals surface area contributed by atoms with Crippen molar-refractivity contribution in [3.8, 4) is 16.9 Å². The van der Waals surface area contributed by atoms with Crippen LogP contribution in [0.3, 0.4) is 0 Å². The van der Waals surface area contributed by atoms with Gasteiger partial charge in [-0.1, -0.05) is 54.6 Å². The number of benzene rings is 4. The van der Waals surface area contributed by atoms with Crippen LogP contribution >= 0.6 is 0 Å². The highest BCUT2D eigenvalue weighted by Crippen LogP contribution is 2.43.